The van der Waals surface area contributed by atoms with E-state index in [1.165, 1.54) is 32.1 Å². The molecule has 172 valence electrons. The highest BCUT2D eigenvalue weighted by Gasteiger charge is 2.33. The Bertz CT molecular complexity index is 458. The number of hydrogen-bond donors (Lipinski definition) is 2. The van der Waals surface area contributed by atoms with Gasteiger partial charge in [-0.3, -0.25) is 19.5 Å². The number of nitrogens with zero attached hydrogens (tertiary/aromatic N) is 3. The quantitative estimate of drug-likeness (QED) is 0.420. The van der Waals surface area contributed by atoms with E-state index in [4.69, 9.17) is 4.84 Å². The van der Waals surface area contributed by atoms with Gasteiger partial charge in [0.2, 0.25) is 6.41 Å². The number of hydrogen-bond acceptors (Lipinski definition) is 7. The summed E-state index contributed by atoms with van der Waals surface area (Å²) in [5, 5.41) is 3.44. The summed E-state index contributed by atoms with van der Waals surface area (Å²) in [6.07, 6.45) is 6.88. The molecule has 0 aromatic rings. The molecule has 1 atom stereocenters. The zero-order chi connectivity index (χ0) is 18.2. The summed E-state index contributed by atoms with van der Waals surface area (Å²) >= 11 is 0. The minimum absolute atomic E-state index is 0. The number of carbonyl (C=O) groups excluding carboxylic acids is 2. The van der Waals surface area contributed by atoms with Crippen LogP contribution in [0.1, 0.15) is 38.5 Å². The average molecular weight is 477 g/mol. The van der Waals surface area contributed by atoms with E-state index in [9.17, 15) is 9.59 Å². The van der Waals surface area contributed by atoms with Crippen molar-refractivity contribution >= 4 is 49.6 Å². The first kappa shape index (κ1) is 28.6. The highest BCUT2D eigenvalue weighted by molar-refractivity contribution is 5.86. The SMILES string of the molecule is Cl.Cl.Cl.O=CNOC(=O)CC(N1CCCCC1)N1CCN(C2CCNCC2)CC1. The third-order valence-corrected chi connectivity index (χ3v) is 5.98. The maximum Gasteiger partial charge on any atom is 0.335 e. The highest BCUT2D eigenvalue weighted by Crippen LogP contribution is 2.21. The van der Waals surface area contributed by atoms with E-state index in [1.807, 2.05) is 5.48 Å². The van der Waals surface area contributed by atoms with Crippen LogP contribution in [0.2, 0.25) is 0 Å². The van der Waals surface area contributed by atoms with E-state index in [0.717, 1.165) is 52.4 Å². The molecule has 3 fully saturated rings. The van der Waals surface area contributed by atoms with Gasteiger partial charge in [-0.05, 0) is 51.9 Å². The summed E-state index contributed by atoms with van der Waals surface area (Å²) < 4.78 is 0. The third-order valence-electron chi connectivity index (χ3n) is 5.98. The van der Waals surface area contributed by atoms with Crippen molar-refractivity contribution in [3.8, 4) is 0 Å². The van der Waals surface area contributed by atoms with Crippen LogP contribution in [0.4, 0.5) is 0 Å². The van der Waals surface area contributed by atoms with Gasteiger partial charge in [0.1, 0.15) is 0 Å². The summed E-state index contributed by atoms with van der Waals surface area (Å²) in [5.41, 5.74) is 2.03. The molecule has 11 heteroatoms. The van der Waals surface area contributed by atoms with E-state index in [1.54, 1.807) is 0 Å². The molecule has 1 amide bonds. The molecule has 0 aliphatic carbocycles. The Hall–Kier alpha value is -0.350. The normalized spacial score (nSPS) is 22.9. The fourth-order valence-electron chi connectivity index (χ4n) is 4.56. The Labute approximate surface area is 192 Å². The van der Waals surface area contributed by atoms with Crippen LogP contribution in [-0.4, -0.2) is 91.6 Å². The van der Waals surface area contributed by atoms with Crippen molar-refractivity contribution in [2.45, 2.75) is 50.7 Å². The van der Waals surface area contributed by atoms with Crippen molar-refractivity contribution in [3.63, 3.8) is 0 Å². The number of carbonyl (C=O) groups is 2. The molecule has 0 saturated carbocycles. The van der Waals surface area contributed by atoms with Crippen LogP contribution in [0, 0.1) is 0 Å². The molecule has 1 unspecified atom stereocenters. The lowest BCUT2D eigenvalue weighted by molar-refractivity contribution is -0.158. The Morgan fingerprint density at radius 1 is 0.966 bits per heavy atom. The molecule has 3 aliphatic rings. The fraction of sp³-hybridized carbons (Fsp3) is 0.889. The van der Waals surface area contributed by atoms with E-state index >= 15 is 0 Å². The molecule has 0 aromatic heterocycles. The Morgan fingerprint density at radius 3 is 2.14 bits per heavy atom. The van der Waals surface area contributed by atoms with Crippen LogP contribution in [0.25, 0.3) is 0 Å². The van der Waals surface area contributed by atoms with E-state index in [0.29, 0.717) is 18.9 Å². The Morgan fingerprint density at radius 2 is 1.55 bits per heavy atom. The van der Waals surface area contributed by atoms with Gasteiger partial charge >= 0.3 is 5.97 Å². The first-order valence-corrected chi connectivity index (χ1v) is 10.1. The maximum atomic E-state index is 12.1. The number of halogens is 3. The lowest BCUT2D eigenvalue weighted by Crippen LogP contribution is -2.59. The lowest BCUT2D eigenvalue weighted by atomic mass is 10.0. The van der Waals surface area contributed by atoms with Crippen molar-refractivity contribution < 1.29 is 14.4 Å². The second-order valence-electron chi connectivity index (χ2n) is 7.54. The van der Waals surface area contributed by atoms with Gasteiger partial charge in [-0.15, -0.1) is 37.2 Å². The minimum atomic E-state index is -0.367. The molecule has 0 radical (unpaired) electrons. The van der Waals surface area contributed by atoms with Gasteiger partial charge in [-0.2, -0.15) is 5.48 Å². The second-order valence-corrected chi connectivity index (χ2v) is 7.54. The van der Waals surface area contributed by atoms with Gasteiger partial charge in [0.05, 0.1) is 12.6 Å². The largest absolute Gasteiger partial charge is 0.341 e. The van der Waals surface area contributed by atoms with Crippen molar-refractivity contribution in [2.24, 2.45) is 0 Å². The smallest absolute Gasteiger partial charge is 0.335 e. The zero-order valence-electron chi connectivity index (χ0n) is 16.9. The predicted molar refractivity (Wildman–Crippen MR) is 120 cm³/mol. The van der Waals surface area contributed by atoms with Gasteiger partial charge in [-0.1, -0.05) is 6.42 Å². The molecule has 3 rings (SSSR count). The number of likely N-dealkylation sites (tertiary alicyclic amines) is 1. The van der Waals surface area contributed by atoms with Gasteiger partial charge in [0.15, 0.2) is 0 Å². The number of piperazine rings is 1. The Kier molecular flexibility index (Phi) is 15.3. The maximum absolute atomic E-state index is 12.1. The van der Waals surface area contributed by atoms with Crippen molar-refractivity contribution in [2.75, 3.05) is 52.4 Å². The molecule has 2 N–H and O–H groups in total. The fourth-order valence-corrected chi connectivity index (χ4v) is 4.56. The summed E-state index contributed by atoms with van der Waals surface area (Å²) in [4.78, 5) is 34.7. The molecule has 0 spiro atoms. The number of amides is 1. The first-order chi connectivity index (χ1) is 12.8. The number of hydroxylamine groups is 1. The zero-order valence-corrected chi connectivity index (χ0v) is 19.4. The predicted octanol–water partition coefficient (Wildman–Crippen LogP) is 1.03. The molecule has 0 bridgehead atoms. The molecule has 3 saturated heterocycles. The van der Waals surface area contributed by atoms with Gasteiger partial charge < -0.3 is 10.2 Å². The summed E-state index contributed by atoms with van der Waals surface area (Å²) in [5.74, 6) is -0.367. The molecule has 8 nitrogen and oxygen atoms in total. The molecule has 29 heavy (non-hydrogen) atoms. The topological polar surface area (TPSA) is 77.2 Å². The van der Waals surface area contributed by atoms with Crippen molar-refractivity contribution in [1.29, 1.82) is 0 Å². The van der Waals surface area contributed by atoms with Crippen LogP contribution >= 0.6 is 37.2 Å². The summed E-state index contributed by atoms with van der Waals surface area (Å²) in [7, 11) is 0. The van der Waals surface area contributed by atoms with Crippen LogP contribution < -0.4 is 10.8 Å². The van der Waals surface area contributed by atoms with Gasteiger partial charge in [0, 0.05) is 32.2 Å². The Balaban J connectivity index is 0.00000261. The molecule has 3 heterocycles. The highest BCUT2D eigenvalue weighted by atomic mass is 35.5. The number of piperidine rings is 2. The summed E-state index contributed by atoms with van der Waals surface area (Å²) in [6, 6.07) is 0.702. The van der Waals surface area contributed by atoms with Crippen LogP contribution in [-0.2, 0) is 14.4 Å². The van der Waals surface area contributed by atoms with E-state index < -0.39 is 0 Å². The van der Waals surface area contributed by atoms with Crippen molar-refractivity contribution in [1.82, 2.24) is 25.5 Å². The molecular formula is C18H36Cl3N5O3. The van der Waals surface area contributed by atoms with Crippen molar-refractivity contribution in [3.05, 3.63) is 0 Å². The molecule has 0 aromatic carbocycles. The average Bonchev–Trinajstić information content (AvgIpc) is 2.72. The molecular weight excluding hydrogens is 441 g/mol. The standard InChI is InChI=1S/C18H33N5O3.3ClH/c24-15-20-26-18(25)14-17(22-8-2-1-3-9-22)23-12-10-21(11-13-23)16-4-6-19-7-5-16;;;/h15-17,19H,1-14H2,(H,20,24);3*1H. The monoisotopic (exact) mass is 475 g/mol. The molecule has 3 aliphatic heterocycles. The van der Waals surface area contributed by atoms with E-state index in [-0.39, 0.29) is 49.4 Å². The van der Waals surface area contributed by atoms with Gasteiger partial charge in [-0.25, -0.2) is 4.79 Å². The lowest BCUT2D eigenvalue weighted by Gasteiger charge is -2.46. The van der Waals surface area contributed by atoms with Crippen LogP contribution in [0.3, 0.4) is 0 Å². The second kappa shape index (κ2) is 15.5. The third kappa shape index (κ3) is 8.73. The number of rotatable bonds is 7. The van der Waals surface area contributed by atoms with Crippen LogP contribution in [0.15, 0.2) is 0 Å². The van der Waals surface area contributed by atoms with E-state index in [2.05, 4.69) is 20.0 Å². The summed E-state index contributed by atoms with van der Waals surface area (Å²) in [6.45, 7) is 8.42. The van der Waals surface area contributed by atoms with Crippen LogP contribution in [0.5, 0.6) is 0 Å². The first-order valence-electron chi connectivity index (χ1n) is 10.1. The number of nitrogens with one attached hydrogen (secondary N) is 2. The van der Waals surface area contributed by atoms with Gasteiger partial charge in [0.25, 0.3) is 0 Å². The minimum Gasteiger partial charge on any atom is -0.341 e.